The zero-order valence-electron chi connectivity index (χ0n) is 16.4. The van der Waals surface area contributed by atoms with E-state index in [9.17, 15) is 13.2 Å². The number of methoxy groups -OCH3 is 2. The molecule has 0 heterocycles. The topological polar surface area (TPSA) is 88.1 Å². The average molecular weight is 408 g/mol. The molecule has 0 aliphatic heterocycles. The Morgan fingerprint density at radius 1 is 1.00 bits per heavy atom. The Morgan fingerprint density at radius 3 is 2.07 bits per heavy atom. The van der Waals surface area contributed by atoms with E-state index in [1.807, 2.05) is 6.92 Å². The molecule has 0 aromatic heterocycles. The highest BCUT2D eigenvalue weighted by atomic mass is 32.2. The van der Waals surface area contributed by atoms with E-state index in [0.717, 1.165) is 11.1 Å². The Labute approximate surface area is 165 Å². The van der Waals surface area contributed by atoms with Gasteiger partial charge in [-0.25, -0.2) is 0 Å². The third-order valence-corrected chi connectivity index (χ3v) is 5.25. The molecule has 0 aliphatic carbocycles. The molecule has 0 bridgehead atoms. The van der Waals surface area contributed by atoms with Gasteiger partial charge >= 0.3 is 5.97 Å². The van der Waals surface area contributed by atoms with Gasteiger partial charge in [-0.3, -0.25) is 8.98 Å². The van der Waals surface area contributed by atoms with Gasteiger partial charge in [0.2, 0.25) is 5.75 Å². The molecule has 2 rings (SSSR count). The summed E-state index contributed by atoms with van der Waals surface area (Å²) >= 11 is 0. The fraction of sp³-hybridized carbons (Fsp3) is 0.350. The van der Waals surface area contributed by atoms with Crippen molar-refractivity contribution in [3.8, 4) is 17.2 Å². The Bertz CT molecular complexity index is 893. The lowest BCUT2D eigenvalue weighted by Crippen LogP contribution is -2.08. The van der Waals surface area contributed by atoms with Gasteiger partial charge < -0.3 is 14.2 Å². The van der Waals surface area contributed by atoms with Crippen LogP contribution in [0.3, 0.4) is 0 Å². The van der Waals surface area contributed by atoms with Crippen molar-refractivity contribution in [1.29, 1.82) is 0 Å². The number of esters is 1. The summed E-state index contributed by atoms with van der Waals surface area (Å²) in [4.78, 5) is 11.4. The van der Waals surface area contributed by atoms with E-state index in [-0.39, 0.29) is 17.3 Å². The summed E-state index contributed by atoms with van der Waals surface area (Å²) < 4.78 is 45.2. The van der Waals surface area contributed by atoms with Crippen LogP contribution in [-0.2, 0) is 25.5 Å². The second kappa shape index (κ2) is 9.57. The molecule has 0 unspecified atom stereocenters. The molecular formula is C20H24O7S. The van der Waals surface area contributed by atoms with Crippen molar-refractivity contribution < 1.29 is 31.6 Å². The monoisotopic (exact) mass is 408 g/mol. The Balaban J connectivity index is 2.02. The molecule has 0 saturated heterocycles. The summed E-state index contributed by atoms with van der Waals surface area (Å²) in [5, 5.41) is 0. The highest BCUT2D eigenvalue weighted by molar-refractivity contribution is 7.86. The standard InChI is InChI=1S/C20H24O7S/c1-14-7-9-17(10-8-14)28(22,23)26-11-5-6-16-12-18(24-3)20(27-15(2)21)19(13-16)25-4/h7-10,12-13H,5-6,11H2,1-4H3. The number of aryl methyl sites for hydroxylation is 2. The largest absolute Gasteiger partial charge is 0.493 e. The first-order chi connectivity index (χ1) is 13.3. The van der Waals surface area contributed by atoms with Crippen molar-refractivity contribution in [1.82, 2.24) is 0 Å². The van der Waals surface area contributed by atoms with Crippen LogP contribution in [-0.4, -0.2) is 35.2 Å². The summed E-state index contributed by atoms with van der Waals surface area (Å²) in [5.74, 6) is 0.439. The van der Waals surface area contributed by atoms with Gasteiger partial charge in [0.1, 0.15) is 0 Å². The SMILES string of the molecule is COc1cc(CCCOS(=O)(=O)c2ccc(C)cc2)cc(OC)c1OC(C)=O. The molecule has 0 spiro atoms. The van der Waals surface area contributed by atoms with Gasteiger partial charge in [0.05, 0.1) is 25.7 Å². The quantitative estimate of drug-likeness (QED) is 0.272. The highest BCUT2D eigenvalue weighted by Gasteiger charge is 2.17. The molecule has 0 fully saturated rings. The number of hydrogen-bond acceptors (Lipinski definition) is 7. The number of carbonyl (C=O) groups is 1. The van der Waals surface area contributed by atoms with Crippen LogP contribution >= 0.6 is 0 Å². The average Bonchev–Trinajstić information content (AvgIpc) is 2.65. The lowest BCUT2D eigenvalue weighted by Gasteiger charge is -2.14. The molecule has 0 atom stereocenters. The molecule has 7 nitrogen and oxygen atoms in total. The van der Waals surface area contributed by atoms with E-state index in [2.05, 4.69) is 0 Å². The summed E-state index contributed by atoms with van der Waals surface area (Å²) in [6.07, 6.45) is 0.987. The van der Waals surface area contributed by atoms with E-state index in [1.54, 1.807) is 24.3 Å². The number of rotatable bonds is 9. The van der Waals surface area contributed by atoms with Crippen LogP contribution in [0.4, 0.5) is 0 Å². The summed E-state index contributed by atoms with van der Waals surface area (Å²) in [5.41, 5.74) is 1.81. The van der Waals surface area contributed by atoms with E-state index < -0.39 is 16.1 Å². The minimum Gasteiger partial charge on any atom is -0.493 e. The van der Waals surface area contributed by atoms with Crippen molar-refractivity contribution in [3.05, 3.63) is 47.5 Å². The van der Waals surface area contributed by atoms with Crippen LogP contribution in [0.15, 0.2) is 41.3 Å². The summed E-state index contributed by atoms with van der Waals surface area (Å²) in [6, 6.07) is 9.92. The van der Waals surface area contributed by atoms with Crippen molar-refractivity contribution in [3.63, 3.8) is 0 Å². The smallest absolute Gasteiger partial charge is 0.308 e. The van der Waals surface area contributed by atoms with Crippen LogP contribution in [0.25, 0.3) is 0 Å². The van der Waals surface area contributed by atoms with E-state index in [4.69, 9.17) is 18.4 Å². The van der Waals surface area contributed by atoms with Crippen LogP contribution in [0, 0.1) is 6.92 Å². The summed E-state index contributed by atoms with van der Waals surface area (Å²) in [6.45, 7) is 3.21. The Hall–Kier alpha value is -2.58. The third kappa shape index (κ3) is 5.71. The van der Waals surface area contributed by atoms with Gasteiger partial charge in [-0.15, -0.1) is 0 Å². The normalized spacial score (nSPS) is 11.1. The zero-order valence-corrected chi connectivity index (χ0v) is 17.2. The minimum absolute atomic E-state index is 0.0343. The van der Waals surface area contributed by atoms with Gasteiger partial charge in [-0.05, 0) is 49.6 Å². The molecule has 2 aromatic rings. The molecule has 0 amide bonds. The molecule has 152 valence electrons. The van der Waals surface area contributed by atoms with Gasteiger partial charge in [-0.1, -0.05) is 17.7 Å². The number of carbonyl (C=O) groups excluding carboxylic acids is 1. The fourth-order valence-corrected chi connectivity index (χ4v) is 3.48. The molecule has 0 saturated carbocycles. The van der Waals surface area contributed by atoms with Crippen LogP contribution in [0.1, 0.15) is 24.5 Å². The van der Waals surface area contributed by atoms with Crippen molar-refractivity contribution >= 4 is 16.1 Å². The Kier molecular flexibility index (Phi) is 7.42. The first-order valence-corrected chi connectivity index (χ1v) is 10.1. The first-order valence-electron chi connectivity index (χ1n) is 8.66. The van der Waals surface area contributed by atoms with Crippen LogP contribution in [0.5, 0.6) is 17.2 Å². The summed E-state index contributed by atoms with van der Waals surface area (Å²) in [7, 11) is -0.862. The predicted molar refractivity (Wildman–Crippen MR) is 103 cm³/mol. The maximum Gasteiger partial charge on any atom is 0.308 e. The number of hydrogen-bond donors (Lipinski definition) is 0. The van der Waals surface area contributed by atoms with Crippen LogP contribution in [0.2, 0.25) is 0 Å². The molecular weight excluding hydrogens is 384 g/mol. The maximum absolute atomic E-state index is 12.2. The molecule has 28 heavy (non-hydrogen) atoms. The predicted octanol–water partition coefficient (Wildman–Crippen LogP) is 3.28. The van der Waals surface area contributed by atoms with Gasteiger partial charge in [0.25, 0.3) is 10.1 Å². The van der Waals surface area contributed by atoms with Gasteiger partial charge in [0, 0.05) is 6.92 Å². The van der Waals surface area contributed by atoms with Gasteiger partial charge in [-0.2, -0.15) is 8.42 Å². The zero-order chi connectivity index (χ0) is 20.7. The highest BCUT2D eigenvalue weighted by Crippen LogP contribution is 2.39. The number of benzene rings is 2. The lowest BCUT2D eigenvalue weighted by atomic mass is 10.1. The number of ether oxygens (including phenoxy) is 3. The fourth-order valence-electron chi connectivity index (χ4n) is 2.54. The van der Waals surface area contributed by atoms with Crippen molar-refractivity contribution in [2.45, 2.75) is 31.6 Å². The third-order valence-electron chi connectivity index (χ3n) is 3.92. The Morgan fingerprint density at radius 2 is 1.57 bits per heavy atom. The maximum atomic E-state index is 12.2. The second-order valence-corrected chi connectivity index (χ2v) is 7.73. The van der Waals surface area contributed by atoms with Crippen molar-refractivity contribution in [2.24, 2.45) is 0 Å². The molecule has 0 radical (unpaired) electrons. The van der Waals surface area contributed by atoms with Crippen LogP contribution < -0.4 is 14.2 Å². The molecule has 2 aromatic carbocycles. The van der Waals surface area contributed by atoms with E-state index >= 15 is 0 Å². The van der Waals surface area contributed by atoms with E-state index in [1.165, 1.54) is 33.3 Å². The molecule has 8 heteroatoms. The molecule has 0 aliphatic rings. The second-order valence-electron chi connectivity index (χ2n) is 6.12. The van der Waals surface area contributed by atoms with Crippen molar-refractivity contribution in [2.75, 3.05) is 20.8 Å². The minimum atomic E-state index is -3.78. The molecule has 0 N–H and O–H groups in total. The van der Waals surface area contributed by atoms with Gasteiger partial charge in [0.15, 0.2) is 11.5 Å². The first kappa shape index (κ1) is 21.7. The lowest BCUT2D eigenvalue weighted by molar-refractivity contribution is -0.132. The van der Waals surface area contributed by atoms with E-state index in [0.29, 0.717) is 24.3 Å².